The summed E-state index contributed by atoms with van der Waals surface area (Å²) in [6, 6.07) is 0. The van der Waals surface area contributed by atoms with Crippen molar-refractivity contribution < 1.29 is 0 Å². The molecule has 0 heteroatoms. The van der Waals surface area contributed by atoms with Gasteiger partial charge in [-0.3, -0.25) is 0 Å². The van der Waals surface area contributed by atoms with Gasteiger partial charge in [0, 0.05) is 0 Å². The number of unbranched alkanes of at least 4 members (excludes halogenated alkanes) is 1. The maximum atomic E-state index is 2.23. The van der Waals surface area contributed by atoms with Crippen LogP contribution >= 0.6 is 0 Å². The van der Waals surface area contributed by atoms with Crippen LogP contribution in [0.4, 0.5) is 0 Å². The van der Waals surface area contributed by atoms with Gasteiger partial charge in [-0.15, -0.1) is 0 Å². The Morgan fingerprint density at radius 2 is 1.85 bits per heavy atom. The second-order valence-corrected chi connectivity index (χ2v) is 3.47. The average Bonchev–Trinajstić information content (AvgIpc) is 2.11. The van der Waals surface area contributed by atoms with E-state index in [0.717, 1.165) is 0 Å². The summed E-state index contributed by atoms with van der Waals surface area (Å²) < 4.78 is 0. The summed E-state index contributed by atoms with van der Waals surface area (Å²) in [6.07, 6.45) is 16.7. The summed E-state index contributed by atoms with van der Waals surface area (Å²) in [7, 11) is 0. The summed E-state index contributed by atoms with van der Waals surface area (Å²) in [5.41, 5.74) is 2.75. The highest BCUT2D eigenvalue weighted by atomic mass is 14.0. The first-order valence-electron chi connectivity index (χ1n) is 5.05. The van der Waals surface area contributed by atoms with E-state index in [1.165, 1.54) is 30.4 Å². The Labute approximate surface area is 81.4 Å². The molecule has 0 N–H and O–H groups in total. The standard InChI is InChI=1S/C13H18/c1-3-4-8-13-9-6-5-7-12(2)10-11-13/h5-7,9-11H,3-4,8H2,1-2H3/b6-5?,7-5-,9-6-,11-10?,12-7?,12-10-,13-9?,13-11-. The molecule has 0 aliphatic heterocycles. The third-order valence-electron chi connectivity index (χ3n) is 2.16. The second-order valence-electron chi connectivity index (χ2n) is 3.47. The Balaban J connectivity index is 2.62. The molecule has 0 saturated carbocycles. The molecular formula is C13H18. The monoisotopic (exact) mass is 174 g/mol. The molecule has 0 atom stereocenters. The third kappa shape index (κ3) is 3.93. The Morgan fingerprint density at radius 1 is 1.08 bits per heavy atom. The molecule has 0 saturated heterocycles. The summed E-state index contributed by atoms with van der Waals surface area (Å²) in [6.45, 7) is 4.36. The fourth-order valence-corrected chi connectivity index (χ4v) is 1.28. The first kappa shape index (κ1) is 10.0. The van der Waals surface area contributed by atoms with Gasteiger partial charge in [0.05, 0.1) is 0 Å². The van der Waals surface area contributed by atoms with Gasteiger partial charge < -0.3 is 0 Å². The minimum absolute atomic E-state index is 1.20. The smallest absolute Gasteiger partial charge is 0.0279 e. The fraction of sp³-hybridized carbons (Fsp3) is 0.385. The predicted octanol–water partition coefficient (Wildman–Crippen LogP) is 4.18. The number of allylic oxidation sites excluding steroid dienone is 8. The zero-order valence-electron chi connectivity index (χ0n) is 8.59. The van der Waals surface area contributed by atoms with Crippen LogP contribution in [0.1, 0.15) is 33.1 Å². The Kier molecular flexibility index (Phi) is 4.31. The van der Waals surface area contributed by atoms with E-state index in [1.54, 1.807) is 0 Å². The van der Waals surface area contributed by atoms with E-state index in [-0.39, 0.29) is 0 Å². The summed E-state index contributed by atoms with van der Waals surface area (Å²) in [4.78, 5) is 0. The molecule has 0 unspecified atom stereocenters. The lowest BCUT2D eigenvalue weighted by Crippen LogP contribution is -1.81. The van der Waals surface area contributed by atoms with Crippen LogP contribution in [0, 0.1) is 0 Å². The van der Waals surface area contributed by atoms with Crippen molar-refractivity contribution in [2.45, 2.75) is 33.1 Å². The molecule has 0 spiro atoms. The van der Waals surface area contributed by atoms with Crippen molar-refractivity contribution >= 4 is 0 Å². The summed E-state index contributed by atoms with van der Waals surface area (Å²) in [5, 5.41) is 0. The number of rotatable bonds is 3. The lowest BCUT2D eigenvalue weighted by atomic mass is 10.1. The molecule has 1 rings (SSSR count). The third-order valence-corrected chi connectivity index (χ3v) is 2.16. The summed E-state index contributed by atoms with van der Waals surface area (Å²) in [5.74, 6) is 0. The van der Waals surface area contributed by atoms with Crippen LogP contribution in [0.3, 0.4) is 0 Å². The molecule has 0 bridgehead atoms. The Bertz CT molecular complexity index is 262. The molecule has 70 valence electrons. The number of hydrogen-bond acceptors (Lipinski definition) is 0. The molecule has 0 fully saturated rings. The minimum atomic E-state index is 1.20. The lowest BCUT2D eigenvalue weighted by Gasteiger charge is -2.01. The van der Waals surface area contributed by atoms with Gasteiger partial charge in [0.15, 0.2) is 0 Å². The van der Waals surface area contributed by atoms with E-state index in [4.69, 9.17) is 0 Å². The quantitative estimate of drug-likeness (QED) is 0.602. The van der Waals surface area contributed by atoms with Gasteiger partial charge in [0.1, 0.15) is 0 Å². The maximum absolute atomic E-state index is 2.23. The second kappa shape index (κ2) is 5.58. The van der Waals surface area contributed by atoms with Crippen LogP contribution in [0.2, 0.25) is 0 Å². The molecule has 0 radical (unpaired) electrons. The molecule has 0 heterocycles. The Morgan fingerprint density at radius 3 is 2.62 bits per heavy atom. The Hall–Kier alpha value is -1.04. The van der Waals surface area contributed by atoms with Gasteiger partial charge in [-0.2, -0.15) is 0 Å². The van der Waals surface area contributed by atoms with Crippen molar-refractivity contribution in [3.05, 3.63) is 47.6 Å². The van der Waals surface area contributed by atoms with E-state index in [0.29, 0.717) is 0 Å². The molecule has 0 amide bonds. The number of hydrogen-bond donors (Lipinski definition) is 0. The highest BCUT2D eigenvalue weighted by Gasteiger charge is 1.92. The van der Waals surface area contributed by atoms with E-state index in [2.05, 4.69) is 50.3 Å². The van der Waals surface area contributed by atoms with Crippen molar-refractivity contribution in [1.29, 1.82) is 0 Å². The molecule has 13 heavy (non-hydrogen) atoms. The predicted molar refractivity (Wildman–Crippen MR) is 59.6 cm³/mol. The molecular weight excluding hydrogens is 156 g/mol. The van der Waals surface area contributed by atoms with Gasteiger partial charge in [0.25, 0.3) is 0 Å². The van der Waals surface area contributed by atoms with Gasteiger partial charge in [0.2, 0.25) is 0 Å². The van der Waals surface area contributed by atoms with Gasteiger partial charge >= 0.3 is 0 Å². The highest BCUT2D eigenvalue weighted by Crippen LogP contribution is 2.12. The first-order chi connectivity index (χ1) is 6.33. The van der Waals surface area contributed by atoms with Crippen molar-refractivity contribution in [2.24, 2.45) is 0 Å². The largest absolute Gasteiger partial charge is 0.0654 e. The zero-order valence-corrected chi connectivity index (χ0v) is 8.59. The highest BCUT2D eigenvalue weighted by molar-refractivity contribution is 5.34. The van der Waals surface area contributed by atoms with Crippen molar-refractivity contribution in [2.75, 3.05) is 0 Å². The van der Waals surface area contributed by atoms with Gasteiger partial charge in [-0.05, 0) is 25.3 Å². The van der Waals surface area contributed by atoms with Crippen LogP contribution in [-0.4, -0.2) is 0 Å². The fourth-order valence-electron chi connectivity index (χ4n) is 1.28. The van der Waals surface area contributed by atoms with Crippen LogP contribution in [0.25, 0.3) is 0 Å². The van der Waals surface area contributed by atoms with E-state index < -0.39 is 0 Å². The van der Waals surface area contributed by atoms with Crippen LogP contribution < -0.4 is 0 Å². The minimum Gasteiger partial charge on any atom is -0.0654 e. The van der Waals surface area contributed by atoms with Crippen LogP contribution in [-0.2, 0) is 0 Å². The van der Waals surface area contributed by atoms with Crippen molar-refractivity contribution in [1.82, 2.24) is 0 Å². The molecule has 1 aliphatic carbocycles. The van der Waals surface area contributed by atoms with E-state index in [1.807, 2.05) is 0 Å². The topological polar surface area (TPSA) is 0 Å². The summed E-state index contributed by atoms with van der Waals surface area (Å²) >= 11 is 0. The van der Waals surface area contributed by atoms with E-state index >= 15 is 0 Å². The van der Waals surface area contributed by atoms with E-state index in [9.17, 15) is 0 Å². The van der Waals surface area contributed by atoms with Crippen molar-refractivity contribution in [3.63, 3.8) is 0 Å². The first-order valence-corrected chi connectivity index (χ1v) is 5.05. The molecule has 1 aliphatic rings. The lowest BCUT2D eigenvalue weighted by molar-refractivity contribution is 0.798. The molecule has 0 aromatic carbocycles. The normalized spacial score (nSPS) is 29.1. The van der Waals surface area contributed by atoms with Crippen LogP contribution in [0.15, 0.2) is 47.6 Å². The molecule has 0 aromatic heterocycles. The van der Waals surface area contributed by atoms with Gasteiger partial charge in [-0.1, -0.05) is 55.4 Å². The van der Waals surface area contributed by atoms with Gasteiger partial charge in [-0.25, -0.2) is 0 Å². The molecule has 0 aromatic rings. The maximum Gasteiger partial charge on any atom is -0.0279 e. The van der Waals surface area contributed by atoms with Crippen LogP contribution in [0.5, 0.6) is 0 Å². The molecule has 0 nitrogen and oxygen atoms in total. The SMILES string of the molecule is CCCCC1=C/C=C(C)\C=C/C=C\1. The average molecular weight is 174 g/mol. The zero-order chi connectivity index (χ0) is 9.52. The van der Waals surface area contributed by atoms with Crippen molar-refractivity contribution in [3.8, 4) is 0 Å².